The van der Waals surface area contributed by atoms with Gasteiger partial charge in [0.1, 0.15) is 4.90 Å². The van der Waals surface area contributed by atoms with Gasteiger partial charge in [-0.05, 0) is 25.1 Å². The number of rotatable bonds is 7. The summed E-state index contributed by atoms with van der Waals surface area (Å²) in [6.07, 6.45) is 0.968. The van der Waals surface area contributed by atoms with Crippen molar-refractivity contribution in [1.82, 2.24) is 15.2 Å². The zero-order valence-electron chi connectivity index (χ0n) is 11.7. The van der Waals surface area contributed by atoms with E-state index in [0.29, 0.717) is 17.1 Å². The topological polar surface area (TPSA) is 61.4 Å². The minimum absolute atomic E-state index is 0.0190. The number of hydrazine groups is 1. The molecule has 0 aliphatic heterocycles. The summed E-state index contributed by atoms with van der Waals surface area (Å²) in [5.74, 6) is 0. The van der Waals surface area contributed by atoms with Crippen molar-refractivity contribution in [3.63, 3.8) is 0 Å². The van der Waals surface area contributed by atoms with Crippen LogP contribution in [0.25, 0.3) is 0 Å². The van der Waals surface area contributed by atoms with Gasteiger partial charge in [0.25, 0.3) is 10.0 Å². The van der Waals surface area contributed by atoms with Crippen LogP contribution in [0.15, 0.2) is 17.0 Å². The van der Waals surface area contributed by atoms with E-state index in [2.05, 4.69) is 10.1 Å². The van der Waals surface area contributed by atoms with Crippen molar-refractivity contribution < 1.29 is 8.42 Å². The molecule has 0 spiro atoms. The molecule has 0 saturated carbocycles. The molecule has 1 aromatic rings. The first-order valence-corrected chi connectivity index (χ1v) is 8.41. The van der Waals surface area contributed by atoms with Crippen LogP contribution in [0.4, 0.5) is 0 Å². The highest BCUT2D eigenvalue weighted by Gasteiger charge is 2.22. The standard InChI is InChI=1S/C12H19Cl2N3O2S/c1-4-7-15-8-9-10(13)5-6-11(12(9)14)20(18,19)16-17(2)3/h5-6,15-16H,4,7-8H2,1-3H3. The Morgan fingerprint density at radius 3 is 2.45 bits per heavy atom. The fraction of sp³-hybridized carbons (Fsp3) is 0.500. The molecule has 0 heterocycles. The lowest BCUT2D eigenvalue weighted by atomic mass is 10.2. The predicted molar refractivity (Wildman–Crippen MR) is 82.5 cm³/mol. The van der Waals surface area contributed by atoms with Crippen molar-refractivity contribution in [2.45, 2.75) is 24.8 Å². The van der Waals surface area contributed by atoms with Crippen molar-refractivity contribution in [3.8, 4) is 0 Å². The van der Waals surface area contributed by atoms with Crippen LogP contribution < -0.4 is 10.1 Å². The van der Waals surface area contributed by atoms with E-state index < -0.39 is 10.0 Å². The van der Waals surface area contributed by atoms with Gasteiger partial charge in [-0.2, -0.15) is 0 Å². The van der Waals surface area contributed by atoms with E-state index in [1.54, 1.807) is 20.2 Å². The Kier molecular flexibility index (Phi) is 6.71. The van der Waals surface area contributed by atoms with Gasteiger partial charge >= 0.3 is 0 Å². The summed E-state index contributed by atoms with van der Waals surface area (Å²) in [6, 6.07) is 2.94. The predicted octanol–water partition coefficient (Wildman–Crippen LogP) is 2.25. The lowest BCUT2D eigenvalue weighted by Crippen LogP contribution is -2.36. The highest BCUT2D eigenvalue weighted by molar-refractivity contribution is 7.89. The first-order chi connectivity index (χ1) is 9.29. The summed E-state index contributed by atoms with van der Waals surface area (Å²) in [4.78, 5) is 2.37. The summed E-state index contributed by atoms with van der Waals surface area (Å²) in [5.41, 5.74) is 0.586. The molecular weight excluding hydrogens is 321 g/mol. The molecule has 8 heteroatoms. The molecule has 0 amide bonds. The average molecular weight is 340 g/mol. The fourth-order valence-electron chi connectivity index (χ4n) is 1.63. The van der Waals surface area contributed by atoms with Gasteiger partial charge in [-0.25, -0.2) is 13.4 Å². The van der Waals surface area contributed by atoms with E-state index in [1.807, 2.05) is 6.92 Å². The zero-order valence-corrected chi connectivity index (χ0v) is 14.0. The molecule has 114 valence electrons. The van der Waals surface area contributed by atoms with Gasteiger partial charge in [-0.15, -0.1) is 4.83 Å². The van der Waals surface area contributed by atoms with E-state index >= 15 is 0 Å². The third-order valence-corrected chi connectivity index (χ3v) is 4.89. The molecule has 20 heavy (non-hydrogen) atoms. The quantitative estimate of drug-likeness (QED) is 0.590. The summed E-state index contributed by atoms with van der Waals surface area (Å²) in [5, 5.41) is 5.10. The summed E-state index contributed by atoms with van der Waals surface area (Å²) < 4.78 is 24.3. The summed E-state index contributed by atoms with van der Waals surface area (Å²) in [7, 11) is -0.526. The highest BCUT2D eigenvalue weighted by Crippen LogP contribution is 2.31. The van der Waals surface area contributed by atoms with E-state index in [0.717, 1.165) is 13.0 Å². The minimum atomic E-state index is -3.70. The van der Waals surface area contributed by atoms with E-state index in [9.17, 15) is 8.42 Å². The molecule has 2 N–H and O–H groups in total. The summed E-state index contributed by atoms with van der Waals surface area (Å²) in [6.45, 7) is 3.27. The van der Waals surface area contributed by atoms with Crippen LogP contribution >= 0.6 is 23.2 Å². The lowest BCUT2D eigenvalue weighted by molar-refractivity contribution is 0.364. The molecule has 0 fully saturated rings. The SMILES string of the molecule is CCCNCc1c(Cl)ccc(S(=O)(=O)NN(C)C)c1Cl. The van der Waals surface area contributed by atoms with Crippen LogP contribution in [0.5, 0.6) is 0 Å². The molecular formula is C12H19Cl2N3O2S. The van der Waals surface area contributed by atoms with Gasteiger partial charge in [0.05, 0.1) is 5.02 Å². The van der Waals surface area contributed by atoms with E-state index in [1.165, 1.54) is 11.1 Å². The molecule has 0 aliphatic carbocycles. The average Bonchev–Trinajstić information content (AvgIpc) is 2.31. The number of hydrogen-bond donors (Lipinski definition) is 2. The first-order valence-electron chi connectivity index (χ1n) is 6.17. The maximum atomic E-state index is 12.2. The second-order valence-electron chi connectivity index (χ2n) is 4.50. The van der Waals surface area contributed by atoms with Crippen LogP contribution in [0.3, 0.4) is 0 Å². The van der Waals surface area contributed by atoms with Crippen LogP contribution in [-0.4, -0.2) is 34.1 Å². The van der Waals surface area contributed by atoms with Crippen molar-refractivity contribution in [3.05, 3.63) is 27.7 Å². The molecule has 5 nitrogen and oxygen atoms in total. The monoisotopic (exact) mass is 339 g/mol. The van der Waals surface area contributed by atoms with Gasteiger partial charge < -0.3 is 5.32 Å². The van der Waals surface area contributed by atoms with Crippen molar-refractivity contribution in [2.75, 3.05) is 20.6 Å². The normalized spacial score (nSPS) is 12.1. The lowest BCUT2D eigenvalue weighted by Gasteiger charge is -2.16. The van der Waals surface area contributed by atoms with Crippen LogP contribution in [0.1, 0.15) is 18.9 Å². The Labute approximate surface area is 130 Å². The van der Waals surface area contributed by atoms with Gasteiger partial charge in [0.2, 0.25) is 0 Å². The molecule has 0 saturated heterocycles. The second-order valence-corrected chi connectivity index (χ2v) is 6.92. The molecule has 1 rings (SSSR count). The van der Waals surface area contributed by atoms with E-state index in [-0.39, 0.29) is 9.92 Å². The van der Waals surface area contributed by atoms with Gasteiger partial charge in [0, 0.05) is 31.2 Å². The minimum Gasteiger partial charge on any atom is -0.313 e. The number of hydrogen-bond acceptors (Lipinski definition) is 4. The molecule has 1 aromatic carbocycles. The maximum absolute atomic E-state index is 12.2. The molecule has 0 bridgehead atoms. The van der Waals surface area contributed by atoms with Crippen LogP contribution in [-0.2, 0) is 16.6 Å². The van der Waals surface area contributed by atoms with Gasteiger partial charge in [0.15, 0.2) is 0 Å². The Morgan fingerprint density at radius 2 is 1.90 bits per heavy atom. The Balaban J connectivity index is 3.14. The second kappa shape index (κ2) is 7.59. The number of benzene rings is 1. The molecule has 0 radical (unpaired) electrons. The summed E-state index contributed by atoms with van der Waals surface area (Å²) >= 11 is 12.3. The first kappa shape index (κ1) is 17.7. The Hall–Kier alpha value is -0.370. The molecule has 0 unspecified atom stereocenters. The molecule has 0 atom stereocenters. The fourth-order valence-corrected chi connectivity index (χ4v) is 3.62. The third kappa shape index (κ3) is 4.58. The van der Waals surface area contributed by atoms with Crippen LogP contribution in [0.2, 0.25) is 10.0 Å². The number of halogens is 2. The smallest absolute Gasteiger partial charge is 0.254 e. The van der Waals surface area contributed by atoms with E-state index in [4.69, 9.17) is 23.2 Å². The number of sulfonamides is 1. The number of nitrogens with zero attached hydrogens (tertiary/aromatic N) is 1. The Morgan fingerprint density at radius 1 is 1.25 bits per heavy atom. The number of nitrogens with one attached hydrogen (secondary N) is 2. The zero-order chi connectivity index (χ0) is 15.3. The maximum Gasteiger partial charge on any atom is 0.254 e. The third-order valence-electron chi connectivity index (χ3n) is 2.47. The molecule has 0 aliphatic rings. The van der Waals surface area contributed by atoms with Crippen LogP contribution in [0, 0.1) is 0 Å². The van der Waals surface area contributed by atoms with Crippen molar-refractivity contribution in [2.24, 2.45) is 0 Å². The van der Waals surface area contributed by atoms with Gasteiger partial charge in [-0.3, -0.25) is 0 Å². The van der Waals surface area contributed by atoms with Crippen molar-refractivity contribution >= 4 is 33.2 Å². The molecule has 0 aromatic heterocycles. The van der Waals surface area contributed by atoms with Crippen molar-refractivity contribution in [1.29, 1.82) is 0 Å². The Bertz CT molecular complexity index is 562. The highest BCUT2D eigenvalue weighted by atomic mass is 35.5. The van der Waals surface area contributed by atoms with Gasteiger partial charge in [-0.1, -0.05) is 30.1 Å². The largest absolute Gasteiger partial charge is 0.313 e.